The molecule has 0 saturated carbocycles. The summed E-state index contributed by atoms with van der Waals surface area (Å²) < 4.78 is 31.6. The first kappa shape index (κ1) is 16.0. The average Bonchev–Trinajstić information content (AvgIpc) is 2.53. The lowest BCUT2D eigenvalue weighted by Gasteiger charge is -2.08. The molecule has 0 aliphatic carbocycles. The fourth-order valence-corrected chi connectivity index (χ4v) is 2.76. The van der Waals surface area contributed by atoms with Crippen molar-refractivity contribution in [2.45, 2.75) is 4.90 Å². The first-order valence-corrected chi connectivity index (χ1v) is 7.98. The molecule has 0 bridgehead atoms. The normalized spacial score (nSPS) is 11.1. The van der Waals surface area contributed by atoms with Crippen molar-refractivity contribution in [3.63, 3.8) is 0 Å². The lowest BCUT2D eigenvalue weighted by atomic mass is 10.2. The van der Waals surface area contributed by atoms with Gasteiger partial charge in [-0.1, -0.05) is 18.2 Å². The highest BCUT2D eigenvalue weighted by molar-refractivity contribution is 7.89. The van der Waals surface area contributed by atoms with Crippen LogP contribution in [0.4, 0.5) is 0 Å². The zero-order valence-electron chi connectivity index (χ0n) is 11.6. The van der Waals surface area contributed by atoms with Gasteiger partial charge < -0.3 is 9.84 Å². The summed E-state index contributed by atoms with van der Waals surface area (Å²) >= 11 is 0. The molecule has 0 spiro atoms. The molecule has 0 heterocycles. The van der Waals surface area contributed by atoms with Crippen molar-refractivity contribution in [1.29, 1.82) is 0 Å². The molecule has 0 unspecified atom stereocenters. The van der Waals surface area contributed by atoms with Gasteiger partial charge in [-0.2, -0.15) is 0 Å². The molecule has 0 radical (unpaired) electrons. The van der Waals surface area contributed by atoms with Crippen molar-refractivity contribution < 1.29 is 23.1 Å². The second-order valence-electron chi connectivity index (χ2n) is 4.39. The summed E-state index contributed by atoms with van der Waals surface area (Å²) in [6.07, 6.45) is 0. The van der Waals surface area contributed by atoms with Crippen LogP contribution in [-0.2, 0) is 10.0 Å². The van der Waals surface area contributed by atoms with E-state index < -0.39 is 16.0 Å². The maximum absolute atomic E-state index is 11.9. The smallest absolute Gasteiger partial charge is 0.335 e. The van der Waals surface area contributed by atoms with E-state index in [-0.39, 0.29) is 23.6 Å². The maximum Gasteiger partial charge on any atom is 0.335 e. The maximum atomic E-state index is 11.9. The SMILES string of the molecule is O=C(O)c1ccc(OCCNS(=O)(=O)c2ccccc2)cc1. The summed E-state index contributed by atoms with van der Waals surface area (Å²) in [5, 5.41) is 8.77. The molecule has 2 rings (SSSR count). The Morgan fingerprint density at radius 1 is 1.05 bits per heavy atom. The third-order valence-corrected chi connectivity index (χ3v) is 4.29. The third kappa shape index (κ3) is 4.31. The molecular formula is C15H15NO5S. The predicted molar refractivity (Wildman–Crippen MR) is 80.5 cm³/mol. The van der Waals surface area contributed by atoms with Gasteiger partial charge in [-0.3, -0.25) is 0 Å². The van der Waals surface area contributed by atoms with Crippen LogP contribution in [0.5, 0.6) is 5.75 Å². The Balaban J connectivity index is 1.83. The summed E-state index contributed by atoms with van der Waals surface area (Å²) in [4.78, 5) is 10.9. The van der Waals surface area contributed by atoms with E-state index >= 15 is 0 Å². The Kier molecular flexibility index (Phi) is 5.13. The Morgan fingerprint density at radius 2 is 1.68 bits per heavy atom. The number of sulfonamides is 1. The van der Waals surface area contributed by atoms with Gasteiger partial charge in [-0.05, 0) is 36.4 Å². The quantitative estimate of drug-likeness (QED) is 0.758. The number of nitrogens with one attached hydrogen (secondary N) is 1. The summed E-state index contributed by atoms with van der Waals surface area (Å²) in [5.74, 6) is -0.536. The van der Waals surface area contributed by atoms with Gasteiger partial charge in [0.2, 0.25) is 10.0 Å². The minimum absolute atomic E-state index is 0.109. The fourth-order valence-electron chi connectivity index (χ4n) is 1.72. The van der Waals surface area contributed by atoms with Crippen LogP contribution in [0.15, 0.2) is 59.5 Å². The molecule has 7 heteroatoms. The van der Waals surface area contributed by atoms with Gasteiger partial charge in [0.05, 0.1) is 10.5 Å². The Morgan fingerprint density at radius 3 is 2.27 bits per heavy atom. The molecule has 0 aromatic heterocycles. The molecule has 0 amide bonds. The lowest BCUT2D eigenvalue weighted by Crippen LogP contribution is -2.28. The first-order chi connectivity index (χ1) is 10.5. The third-order valence-electron chi connectivity index (χ3n) is 2.82. The van der Waals surface area contributed by atoms with Gasteiger partial charge >= 0.3 is 5.97 Å². The Labute approximate surface area is 128 Å². The molecule has 2 aromatic rings. The minimum Gasteiger partial charge on any atom is -0.492 e. The van der Waals surface area contributed by atoms with Gasteiger partial charge in [0, 0.05) is 6.54 Å². The second kappa shape index (κ2) is 7.06. The van der Waals surface area contributed by atoms with Crippen molar-refractivity contribution in [1.82, 2.24) is 4.72 Å². The number of carboxylic acid groups (broad SMARTS) is 1. The number of hydrogen-bond acceptors (Lipinski definition) is 4. The van der Waals surface area contributed by atoms with Crippen LogP contribution in [0.3, 0.4) is 0 Å². The van der Waals surface area contributed by atoms with Crippen molar-refractivity contribution in [2.24, 2.45) is 0 Å². The topological polar surface area (TPSA) is 92.7 Å². The zero-order valence-corrected chi connectivity index (χ0v) is 12.4. The second-order valence-corrected chi connectivity index (χ2v) is 6.16. The molecule has 0 atom stereocenters. The number of ether oxygens (including phenoxy) is 1. The van der Waals surface area contributed by atoms with Crippen LogP contribution in [0, 0.1) is 0 Å². The Bertz CT molecular complexity index is 726. The van der Waals surface area contributed by atoms with E-state index in [4.69, 9.17) is 9.84 Å². The van der Waals surface area contributed by atoms with Crippen LogP contribution in [0.2, 0.25) is 0 Å². The number of hydrogen-bond donors (Lipinski definition) is 2. The molecule has 2 N–H and O–H groups in total. The van der Waals surface area contributed by atoms with E-state index in [1.54, 1.807) is 18.2 Å². The van der Waals surface area contributed by atoms with E-state index in [1.807, 2.05) is 0 Å². The van der Waals surface area contributed by atoms with E-state index in [0.717, 1.165) is 0 Å². The van der Waals surface area contributed by atoms with E-state index in [9.17, 15) is 13.2 Å². The average molecular weight is 321 g/mol. The number of rotatable bonds is 7. The Hall–Kier alpha value is -2.38. The van der Waals surface area contributed by atoms with Crippen LogP contribution in [-0.4, -0.2) is 32.6 Å². The lowest BCUT2D eigenvalue weighted by molar-refractivity contribution is 0.0697. The van der Waals surface area contributed by atoms with E-state index in [0.29, 0.717) is 5.75 Å². The van der Waals surface area contributed by atoms with Gasteiger partial charge in [0.1, 0.15) is 12.4 Å². The van der Waals surface area contributed by atoms with E-state index in [1.165, 1.54) is 36.4 Å². The summed E-state index contributed by atoms with van der Waals surface area (Å²) in [5.41, 5.74) is 0.164. The van der Waals surface area contributed by atoms with Gasteiger partial charge in [-0.25, -0.2) is 17.9 Å². The molecule has 116 valence electrons. The van der Waals surface area contributed by atoms with Crippen LogP contribution < -0.4 is 9.46 Å². The molecule has 6 nitrogen and oxygen atoms in total. The van der Waals surface area contributed by atoms with E-state index in [2.05, 4.69) is 4.72 Å². The number of carboxylic acids is 1. The zero-order chi connectivity index (χ0) is 16.0. The van der Waals surface area contributed by atoms with Gasteiger partial charge in [-0.15, -0.1) is 0 Å². The largest absolute Gasteiger partial charge is 0.492 e. The number of benzene rings is 2. The highest BCUT2D eigenvalue weighted by Crippen LogP contribution is 2.12. The van der Waals surface area contributed by atoms with Crippen LogP contribution >= 0.6 is 0 Å². The van der Waals surface area contributed by atoms with Crippen molar-refractivity contribution in [3.05, 3.63) is 60.2 Å². The molecule has 0 saturated heterocycles. The summed E-state index contributed by atoms with van der Waals surface area (Å²) in [6, 6.07) is 13.9. The monoisotopic (exact) mass is 321 g/mol. The van der Waals surface area contributed by atoms with Crippen LogP contribution in [0.1, 0.15) is 10.4 Å². The number of aromatic carboxylic acids is 1. The first-order valence-electron chi connectivity index (χ1n) is 6.50. The van der Waals surface area contributed by atoms with Crippen molar-refractivity contribution >= 4 is 16.0 Å². The molecule has 0 fully saturated rings. The number of carbonyl (C=O) groups is 1. The van der Waals surface area contributed by atoms with Crippen molar-refractivity contribution in [3.8, 4) is 5.75 Å². The van der Waals surface area contributed by atoms with Crippen LogP contribution in [0.25, 0.3) is 0 Å². The molecule has 2 aromatic carbocycles. The standard InChI is InChI=1S/C15H15NO5S/c17-15(18)12-6-8-13(9-7-12)21-11-10-16-22(19,20)14-4-2-1-3-5-14/h1-9,16H,10-11H2,(H,17,18). The predicted octanol–water partition coefficient (Wildman–Crippen LogP) is 1.74. The van der Waals surface area contributed by atoms with Gasteiger partial charge in [0.25, 0.3) is 0 Å². The fraction of sp³-hybridized carbons (Fsp3) is 0.133. The molecule has 0 aliphatic rings. The molecule has 0 aliphatic heterocycles. The molecular weight excluding hydrogens is 306 g/mol. The highest BCUT2D eigenvalue weighted by atomic mass is 32.2. The summed E-state index contributed by atoms with van der Waals surface area (Å²) in [6.45, 7) is 0.246. The van der Waals surface area contributed by atoms with Crippen molar-refractivity contribution in [2.75, 3.05) is 13.2 Å². The van der Waals surface area contributed by atoms with Gasteiger partial charge in [0.15, 0.2) is 0 Å². The molecule has 22 heavy (non-hydrogen) atoms. The highest BCUT2D eigenvalue weighted by Gasteiger charge is 2.12. The minimum atomic E-state index is -3.54. The summed E-state index contributed by atoms with van der Waals surface area (Å²) in [7, 11) is -3.54.